The first-order valence-electron chi connectivity index (χ1n) is 8.11. The number of carbonyl (C=O) groups is 3. The van der Waals surface area contributed by atoms with Crippen molar-refractivity contribution in [3.63, 3.8) is 0 Å². The van der Waals surface area contributed by atoms with Crippen LogP contribution in [0.1, 0.15) is 31.9 Å². The van der Waals surface area contributed by atoms with Gasteiger partial charge in [0.25, 0.3) is 0 Å². The molecule has 147 valence electrons. The summed E-state index contributed by atoms with van der Waals surface area (Å²) < 4.78 is 0. The molecule has 3 atom stereocenters. The van der Waals surface area contributed by atoms with Crippen molar-refractivity contribution in [2.75, 3.05) is 6.54 Å². The van der Waals surface area contributed by atoms with E-state index in [4.69, 9.17) is 11.5 Å². The maximum Gasteiger partial charge on any atom is 0.326 e. The number of nitrogens with one attached hydrogen (secondary N) is 3. The van der Waals surface area contributed by atoms with Crippen molar-refractivity contribution in [1.82, 2.24) is 20.6 Å². The van der Waals surface area contributed by atoms with E-state index in [0.717, 1.165) is 0 Å². The summed E-state index contributed by atoms with van der Waals surface area (Å²) >= 11 is 0. The van der Waals surface area contributed by atoms with Gasteiger partial charge < -0.3 is 32.2 Å². The Bertz CT molecular complexity index is 566. The molecule has 0 fully saturated rings. The minimum atomic E-state index is -1.14. The number of rotatable bonds is 11. The first kappa shape index (κ1) is 24.1. The molecular formula is C15H26MnN6O4. The second kappa shape index (κ2) is 12.4. The Kier molecular flexibility index (Phi) is 11.5. The zero-order chi connectivity index (χ0) is 18.8. The molecule has 0 aliphatic heterocycles. The van der Waals surface area contributed by atoms with Crippen LogP contribution < -0.4 is 22.1 Å². The van der Waals surface area contributed by atoms with E-state index in [2.05, 4.69) is 20.6 Å². The molecule has 0 saturated heterocycles. The molecule has 1 rings (SSSR count). The molecule has 10 nitrogen and oxygen atoms in total. The molecule has 0 aliphatic carbocycles. The number of nitrogens with two attached hydrogens (primary N) is 2. The van der Waals surface area contributed by atoms with Crippen LogP contribution in [0.3, 0.4) is 0 Å². The second-order valence-corrected chi connectivity index (χ2v) is 5.81. The summed E-state index contributed by atoms with van der Waals surface area (Å²) in [5, 5.41) is 14.3. The van der Waals surface area contributed by atoms with Crippen LogP contribution in [-0.2, 0) is 37.9 Å². The summed E-state index contributed by atoms with van der Waals surface area (Å²) in [4.78, 5) is 42.4. The van der Waals surface area contributed by atoms with Crippen LogP contribution in [0.5, 0.6) is 0 Å². The molecule has 1 aromatic heterocycles. The molecule has 0 bridgehead atoms. The molecule has 0 saturated carbocycles. The predicted molar refractivity (Wildman–Crippen MR) is 90.3 cm³/mol. The molecule has 0 spiro atoms. The number of aromatic amines is 1. The monoisotopic (exact) mass is 409 g/mol. The number of aliphatic carboxylic acids is 1. The van der Waals surface area contributed by atoms with Crippen LogP contribution in [0, 0.1) is 0 Å². The summed E-state index contributed by atoms with van der Waals surface area (Å²) in [5.74, 6) is -2.23. The van der Waals surface area contributed by atoms with E-state index >= 15 is 0 Å². The van der Waals surface area contributed by atoms with Gasteiger partial charge in [-0.15, -0.1) is 0 Å². The number of unbranched alkanes of at least 4 members (excludes halogenated alkanes) is 1. The van der Waals surface area contributed by atoms with Crippen LogP contribution in [-0.4, -0.2) is 57.5 Å². The average Bonchev–Trinajstić information content (AvgIpc) is 3.06. The van der Waals surface area contributed by atoms with Gasteiger partial charge in [0.15, 0.2) is 0 Å². The number of H-pyrrole nitrogens is 1. The first-order chi connectivity index (χ1) is 11.8. The van der Waals surface area contributed by atoms with Crippen LogP contribution in [0.4, 0.5) is 0 Å². The van der Waals surface area contributed by atoms with E-state index in [1.54, 1.807) is 0 Å². The molecule has 0 unspecified atom stereocenters. The largest absolute Gasteiger partial charge is 0.480 e. The second-order valence-electron chi connectivity index (χ2n) is 5.81. The van der Waals surface area contributed by atoms with E-state index in [9.17, 15) is 19.5 Å². The number of carbonyl (C=O) groups excluding carboxylic acids is 2. The molecule has 11 heteroatoms. The molecule has 1 heterocycles. The maximum absolute atomic E-state index is 12.5. The van der Waals surface area contributed by atoms with Gasteiger partial charge in [-0.2, -0.15) is 0 Å². The quantitative estimate of drug-likeness (QED) is 0.190. The van der Waals surface area contributed by atoms with Gasteiger partial charge >= 0.3 is 5.97 Å². The Morgan fingerprint density at radius 1 is 1.23 bits per heavy atom. The van der Waals surface area contributed by atoms with Crippen molar-refractivity contribution >= 4 is 17.8 Å². The third kappa shape index (κ3) is 8.43. The third-order valence-corrected chi connectivity index (χ3v) is 3.59. The fraction of sp³-hybridized carbons (Fsp3) is 0.600. The van der Waals surface area contributed by atoms with Crippen molar-refractivity contribution in [2.24, 2.45) is 11.5 Å². The average molecular weight is 409 g/mol. The van der Waals surface area contributed by atoms with Crippen LogP contribution in [0.2, 0.25) is 0 Å². The van der Waals surface area contributed by atoms with Gasteiger partial charge in [0, 0.05) is 35.4 Å². The van der Waals surface area contributed by atoms with Gasteiger partial charge in [-0.25, -0.2) is 9.78 Å². The first-order valence-corrected chi connectivity index (χ1v) is 8.11. The van der Waals surface area contributed by atoms with Gasteiger partial charge in [-0.1, -0.05) is 0 Å². The van der Waals surface area contributed by atoms with E-state index in [0.29, 0.717) is 25.1 Å². The minimum absolute atomic E-state index is 0. The van der Waals surface area contributed by atoms with Crippen LogP contribution in [0.15, 0.2) is 12.5 Å². The van der Waals surface area contributed by atoms with Crippen molar-refractivity contribution < 1.29 is 36.6 Å². The Morgan fingerprint density at radius 3 is 2.38 bits per heavy atom. The molecule has 26 heavy (non-hydrogen) atoms. The van der Waals surface area contributed by atoms with E-state index in [1.165, 1.54) is 19.4 Å². The zero-order valence-corrected chi connectivity index (χ0v) is 15.8. The van der Waals surface area contributed by atoms with Gasteiger partial charge in [-0.3, -0.25) is 9.59 Å². The fourth-order valence-electron chi connectivity index (χ4n) is 2.15. The summed E-state index contributed by atoms with van der Waals surface area (Å²) in [6.45, 7) is 1.94. The van der Waals surface area contributed by atoms with Crippen LogP contribution >= 0.6 is 0 Å². The maximum atomic E-state index is 12.5. The zero-order valence-electron chi connectivity index (χ0n) is 14.6. The van der Waals surface area contributed by atoms with Gasteiger partial charge in [0.05, 0.1) is 12.4 Å². The van der Waals surface area contributed by atoms with Gasteiger partial charge in [-0.05, 0) is 32.7 Å². The van der Waals surface area contributed by atoms with Crippen LogP contribution in [0.25, 0.3) is 0 Å². The van der Waals surface area contributed by atoms with Crippen molar-refractivity contribution in [3.05, 3.63) is 18.2 Å². The minimum Gasteiger partial charge on any atom is -0.480 e. The molecule has 0 aromatic carbocycles. The number of carboxylic acid groups (broad SMARTS) is 1. The summed E-state index contributed by atoms with van der Waals surface area (Å²) in [6.07, 6.45) is 4.61. The Balaban J connectivity index is 0.00000625. The SMILES string of the molecule is C[C@H](N)C(=O)N[C@@H](Cc1cnc[nH]1)C(=O)N[C@@H](CCCCN)C(=O)O.[Mn]. The van der Waals surface area contributed by atoms with Gasteiger partial charge in [0.2, 0.25) is 11.8 Å². The number of aromatic nitrogens is 2. The number of amides is 2. The smallest absolute Gasteiger partial charge is 0.326 e. The Hall–Kier alpha value is -1.94. The molecule has 8 N–H and O–H groups in total. The number of imidazole rings is 1. The number of hydrogen-bond acceptors (Lipinski definition) is 6. The summed E-state index contributed by atoms with van der Waals surface area (Å²) in [5.41, 5.74) is 11.5. The number of hydrogen-bond donors (Lipinski definition) is 6. The van der Waals surface area contributed by atoms with Crippen molar-refractivity contribution in [1.29, 1.82) is 0 Å². The number of carboxylic acids is 1. The Labute approximate surface area is 162 Å². The standard InChI is InChI=1S/C15H26N6O4.Mn/c1-9(17)13(22)21-12(6-10-7-18-8-19-10)14(23)20-11(15(24)25)4-2-3-5-16;/h7-9,11-12H,2-6,16-17H2,1H3,(H,18,19)(H,20,23)(H,21,22)(H,24,25);/t9-,11-,12-;/m0./s1. The predicted octanol–water partition coefficient (Wildman–Crippen LogP) is -1.52. The topological polar surface area (TPSA) is 176 Å². The van der Waals surface area contributed by atoms with E-state index in [1.807, 2.05) is 0 Å². The fourth-order valence-corrected chi connectivity index (χ4v) is 2.15. The summed E-state index contributed by atoms with van der Waals surface area (Å²) in [6, 6.07) is -2.80. The molecule has 2 amide bonds. The molecule has 1 aromatic rings. The molecule has 0 aliphatic rings. The van der Waals surface area contributed by atoms with Crippen molar-refractivity contribution in [2.45, 2.75) is 50.7 Å². The Morgan fingerprint density at radius 2 is 1.88 bits per heavy atom. The third-order valence-electron chi connectivity index (χ3n) is 3.59. The van der Waals surface area contributed by atoms with Crippen molar-refractivity contribution in [3.8, 4) is 0 Å². The molecular weight excluding hydrogens is 383 g/mol. The summed E-state index contributed by atoms with van der Waals surface area (Å²) in [7, 11) is 0. The molecule has 1 radical (unpaired) electrons. The van der Waals surface area contributed by atoms with E-state index in [-0.39, 0.29) is 29.9 Å². The van der Waals surface area contributed by atoms with Gasteiger partial charge in [0.1, 0.15) is 12.1 Å². The van der Waals surface area contributed by atoms with E-state index < -0.39 is 35.9 Å². The number of nitrogens with zero attached hydrogens (tertiary/aromatic N) is 1. The normalized spacial score (nSPS) is 13.8.